The highest BCUT2D eigenvalue weighted by Crippen LogP contribution is 2.34. The van der Waals surface area contributed by atoms with Crippen molar-refractivity contribution >= 4 is 33.2 Å². The van der Waals surface area contributed by atoms with Crippen molar-refractivity contribution in [2.75, 3.05) is 31.3 Å². The first-order valence-corrected chi connectivity index (χ1v) is 14.0. The third-order valence-corrected chi connectivity index (χ3v) is 6.82. The molecular weight excluding hydrogens is 528 g/mol. The molecule has 13 heteroatoms. The van der Waals surface area contributed by atoms with E-state index in [1.54, 1.807) is 31.2 Å². The second kappa shape index (κ2) is 12.8. The summed E-state index contributed by atoms with van der Waals surface area (Å²) in [6, 6.07) is 9.48. The molecule has 2 aromatic rings. The monoisotopic (exact) mass is 564 g/mol. The molecule has 0 bridgehead atoms. The van der Waals surface area contributed by atoms with Gasteiger partial charge in [-0.05, 0) is 51.0 Å². The van der Waals surface area contributed by atoms with Crippen molar-refractivity contribution in [3.8, 4) is 11.5 Å². The normalized spacial score (nSPS) is 12.3. The van der Waals surface area contributed by atoms with Gasteiger partial charge in [0.15, 0.2) is 0 Å². The van der Waals surface area contributed by atoms with Crippen LogP contribution in [0.4, 0.5) is 11.4 Å². The van der Waals surface area contributed by atoms with Gasteiger partial charge in [-0.1, -0.05) is 19.1 Å². The average Bonchev–Trinajstić information content (AvgIpc) is 2.84. The van der Waals surface area contributed by atoms with Gasteiger partial charge in [-0.15, -0.1) is 0 Å². The van der Waals surface area contributed by atoms with Gasteiger partial charge in [-0.2, -0.15) is 0 Å². The molecule has 0 aliphatic rings. The minimum atomic E-state index is -4.12. The van der Waals surface area contributed by atoms with Gasteiger partial charge in [0.25, 0.3) is 5.69 Å². The highest BCUT2D eigenvalue weighted by atomic mass is 32.2. The van der Waals surface area contributed by atoms with Crippen molar-refractivity contribution in [2.24, 2.45) is 0 Å². The van der Waals surface area contributed by atoms with Crippen LogP contribution >= 0.6 is 0 Å². The van der Waals surface area contributed by atoms with Crippen LogP contribution in [0.15, 0.2) is 42.5 Å². The van der Waals surface area contributed by atoms with Gasteiger partial charge >= 0.3 is 0 Å². The Morgan fingerprint density at radius 2 is 1.77 bits per heavy atom. The predicted molar refractivity (Wildman–Crippen MR) is 147 cm³/mol. The number of anilines is 1. The molecule has 2 amide bonds. The van der Waals surface area contributed by atoms with Crippen LogP contribution in [0.5, 0.6) is 11.5 Å². The molecule has 0 aliphatic carbocycles. The number of nitro groups is 1. The summed E-state index contributed by atoms with van der Waals surface area (Å²) in [5.74, 6) is -0.519. The van der Waals surface area contributed by atoms with Gasteiger partial charge in [0, 0.05) is 24.2 Å². The number of nitro benzene ring substituents is 1. The van der Waals surface area contributed by atoms with Crippen molar-refractivity contribution in [1.82, 2.24) is 10.2 Å². The van der Waals surface area contributed by atoms with Gasteiger partial charge in [-0.25, -0.2) is 8.42 Å². The van der Waals surface area contributed by atoms with E-state index >= 15 is 0 Å². The molecule has 214 valence electrons. The summed E-state index contributed by atoms with van der Waals surface area (Å²) in [7, 11) is -1.34. The van der Waals surface area contributed by atoms with Gasteiger partial charge in [0.1, 0.15) is 29.8 Å². The standard InChI is InChI=1S/C26H36N4O8S/c1-8-21(25(32)27-26(2,3)4)28(16-18-10-9-11-20(14-18)37-5)24(31)17-29(39(7,35)36)22-15-19(30(33)34)12-13-23(22)38-6/h9-15,21H,8,16-17H2,1-7H3,(H,27,32). The Morgan fingerprint density at radius 1 is 1.10 bits per heavy atom. The Bertz CT molecular complexity index is 1310. The Morgan fingerprint density at radius 3 is 2.28 bits per heavy atom. The number of non-ortho nitro benzene ring substituents is 1. The number of sulfonamides is 1. The number of hydrogen-bond donors (Lipinski definition) is 1. The number of amides is 2. The molecule has 0 aliphatic heterocycles. The third kappa shape index (κ3) is 8.57. The zero-order valence-electron chi connectivity index (χ0n) is 23.3. The van der Waals surface area contributed by atoms with E-state index in [9.17, 15) is 28.1 Å². The topological polar surface area (TPSA) is 148 Å². The highest BCUT2D eigenvalue weighted by molar-refractivity contribution is 7.92. The van der Waals surface area contributed by atoms with Crippen LogP contribution < -0.4 is 19.1 Å². The van der Waals surface area contributed by atoms with Gasteiger partial charge in [0.2, 0.25) is 21.8 Å². The second-order valence-electron chi connectivity index (χ2n) is 9.92. The fourth-order valence-corrected chi connectivity index (χ4v) is 4.77. The largest absolute Gasteiger partial charge is 0.497 e. The maximum absolute atomic E-state index is 13.9. The summed E-state index contributed by atoms with van der Waals surface area (Å²) in [5.41, 5.74) is -0.472. The van der Waals surface area contributed by atoms with Gasteiger partial charge < -0.3 is 19.7 Å². The SMILES string of the molecule is CCC(C(=O)NC(C)(C)C)N(Cc1cccc(OC)c1)C(=O)CN(c1cc([N+](=O)[O-])ccc1OC)S(C)(=O)=O. The number of carbonyl (C=O) groups is 2. The lowest BCUT2D eigenvalue weighted by Gasteiger charge is -2.34. The zero-order valence-corrected chi connectivity index (χ0v) is 24.1. The summed E-state index contributed by atoms with van der Waals surface area (Å²) in [6.07, 6.45) is 1.13. The molecule has 0 aromatic heterocycles. The van der Waals surface area contributed by atoms with Crippen LogP contribution in [0.25, 0.3) is 0 Å². The molecule has 0 heterocycles. The number of nitrogens with zero attached hydrogens (tertiary/aromatic N) is 3. The lowest BCUT2D eigenvalue weighted by molar-refractivity contribution is -0.384. The van der Waals surface area contributed by atoms with E-state index < -0.39 is 44.9 Å². The van der Waals surface area contributed by atoms with Crippen molar-refractivity contribution in [3.63, 3.8) is 0 Å². The summed E-state index contributed by atoms with van der Waals surface area (Å²) < 4.78 is 37.0. The number of ether oxygens (including phenoxy) is 2. The number of nitrogens with one attached hydrogen (secondary N) is 1. The summed E-state index contributed by atoms with van der Waals surface area (Å²) in [6.45, 7) is 6.44. The Hall–Kier alpha value is -3.87. The van der Waals surface area contributed by atoms with Crippen LogP contribution in [-0.2, 0) is 26.2 Å². The summed E-state index contributed by atoms with van der Waals surface area (Å²) >= 11 is 0. The van der Waals surface area contributed by atoms with E-state index in [0.717, 1.165) is 16.6 Å². The van der Waals surface area contributed by atoms with Crippen molar-refractivity contribution in [2.45, 2.75) is 52.2 Å². The van der Waals surface area contributed by atoms with Crippen molar-refractivity contribution in [3.05, 3.63) is 58.1 Å². The van der Waals surface area contributed by atoms with Crippen molar-refractivity contribution < 1.29 is 32.4 Å². The van der Waals surface area contributed by atoms with E-state index in [-0.39, 0.29) is 30.1 Å². The van der Waals surface area contributed by atoms with E-state index in [2.05, 4.69) is 5.32 Å². The zero-order chi connectivity index (χ0) is 29.5. The molecule has 1 N–H and O–H groups in total. The number of methoxy groups -OCH3 is 2. The maximum atomic E-state index is 13.9. The fourth-order valence-electron chi connectivity index (χ4n) is 3.92. The predicted octanol–water partition coefficient (Wildman–Crippen LogP) is 3.10. The molecule has 2 rings (SSSR count). The molecule has 0 spiro atoms. The number of benzene rings is 2. The van der Waals surface area contributed by atoms with Crippen molar-refractivity contribution in [1.29, 1.82) is 0 Å². The molecular formula is C26H36N4O8S. The van der Waals surface area contributed by atoms with Crippen LogP contribution in [0.2, 0.25) is 0 Å². The quantitative estimate of drug-likeness (QED) is 0.305. The Labute approximate surface area is 229 Å². The van der Waals surface area contributed by atoms with Gasteiger partial charge in [0.05, 0.1) is 25.4 Å². The first-order valence-electron chi connectivity index (χ1n) is 12.2. The summed E-state index contributed by atoms with van der Waals surface area (Å²) in [5, 5.41) is 14.3. The van der Waals surface area contributed by atoms with Crippen LogP contribution in [0.3, 0.4) is 0 Å². The number of hydrogen-bond acceptors (Lipinski definition) is 8. The minimum absolute atomic E-state index is 0.0181. The first-order chi connectivity index (χ1) is 18.1. The molecule has 0 saturated carbocycles. The van der Waals surface area contributed by atoms with E-state index in [1.807, 2.05) is 20.8 Å². The molecule has 12 nitrogen and oxygen atoms in total. The molecule has 0 fully saturated rings. The van der Waals surface area contributed by atoms with E-state index in [0.29, 0.717) is 11.3 Å². The molecule has 1 atom stereocenters. The third-order valence-electron chi connectivity index (χ3n) is 5.69. The molecule has 1 unspecified atom stereocenters. The van der Waals surface area contributed by atoms with E-state index in [4.69, 9.17) is 9.47 Å². The number of carbonyl (C=O) groups excluding carboxylic acids is 2. The number of rotatable bonds is 12. The fraction of sp³-hybridized carbons (Fsp3) is 0.462. The minimum Gasteiger partial charge on any atom is -0.497 e. The molecule has 0 radical (unpaired) electrons. The van der Waals surface area contributed by atoms with Crippen LogP contribution in [-0.4, -0.2) is 68.7 Å². The molecule has 0 saturated heterocycles. The highest BCUT2D eigenvalue weighted by Gasteiger charge is 2.34. The Balaban J connectivity index is 2.60. The van der Waals surface area contributed by atoms with E-state index in [1.165, 1.54) is 31.3 Å². The smallest absolute Gasteiger partial charge is 0.271 e. The first kappa shape index (κ1) is 31.3. The summed E-state index contributed by atoms with van der Waals surface area (Å²) in [4.78, 5) is 39.1. The Kier molecular flexibility index (Phi) is 10.3. The van der Waals surface area contributed by atoms with Crippen LogP contribution in [0, 0.1) is 10.1 Å². The maximum Gasteiger partial charge on any atom is 0.271 e. The average molecular weight is 565 g/mol. The molecule has 2 aromatic carbocycles. The second-order valence-corrected chi connectivity index (χ2v) is 11.8. The lowest BCUT2D eigenvalue weighted by atomic mass is 10.1. The molecule has 39 heavy (non-hydrogen) atoms. The lowest BCUT2D eigenvalue weighted by Crippen LogP contribution is -2.55. The van der Waals surface area contributed by atoms with Gasteiger partial charge in [-0.3, -0.25) is 24.0 Å². The van der Waals surface area contributed by atoms with Crippen LogP contribution in [0.1, 0.15) is 39.7 Å².